The van der Waals surface area contributed by atoms with Crippen molar-refractivity contribution in [3.8, 4) is 0 Å². The highest BCUT2D eigenvalue weighted by atomic mass is 35.5. The predicted octanol–water partition coefficient (Wildman–Crippen LogP) is 4.34. The van der Waals surface area contributed by atoms with E-state index in [0.29, 0.717) is 5.92 Å². The Kier molecular flexibility index (Phi) is 5.24. The normalized spacial score (nSPS) is 12.6. The Morgan fingerprint density at radius 2 is 2.00 bits per heavy atom. The van der Waals surface area contributed by atoms with Gasteiger partial charge in [-0.1, -0.05) is 29.8 Å². The van der Waals surface area contributed by atoms with Gasteiger partial charge < -0.3 is 5.32 Å². The van der Waals surface area contributed by atoms with Gasteiger partial charge in [0.1, 0.15) is 0 Å². The summed E-state index contributed by atoms with van der Waals surface area (Å²) in [6, 6.07) is 12.6. The maximum absolute atomic E-state index is 5.94. The smallest absolute Gasteiger partial charge is 0.0406 e. The van der Waals surface area contributed by atoms with Gasteiger partial charge >= 0.3 is 0 Å². The highest BCUT2D eigenvalue weighted by Gasteiger charge is 2.11. The van der Waals surface area contributed by atoms with Gasteiger partial charge in [0.15, 0.2) is 0 Å². The summed E-state index contributed by atoms with van der Waals surface area (Å²) >= 11 is 7.78. The molecule has 3 heteroatoms. The Morgan fingerprint density at radius 3 is 2.61 bits per heavy atom. The minimum atomic E-state index is 0.550. The number of thiophene rings is 1. The van der Waals surface area contributed by atoms with E-state index in [9.17, 15) is 0 Å². The summed E-state index contributed by atoms with van der Waals surface area (Å²) in [5.74, 6) is 0.550. The topological polar surface area (TPSA) is 12.0 Å². The van der Waals surface area contributed by atoms with Crippen LogP contribution in [0.3, 0.4) is 0 Å². The molecule has 0 saturated carbocycles. The van der Waals surface area contributed by atoms with Crippen molar-refractivity contribution < 1.29 is 0 Å². The first-order valence-electron chi connectivity index (χ1n) is 6.22. The number of nitrogens with one attached hydrogen (secondary N) is 1. The first-order valence-corrected chi connectivity index (χ1v) is 7.48. The summed E-state index contributed by atoms with van der Waals surface area (Å²) in [4.78, 5) is 1.46. The van der Waals surface area contributed by atoms with Crippen LogP contribution in [0.5, 0.6) is 0 Å². The molecular weight excluding hydrogens is 262 g/mol. The Morgan fingerprint density at radius 1 is 1.22 bits per heavy atom. The number of rotatable bonds is 6. The van der Waals surface area contributed by atoms with Crippen LogP contribution >= 0.6 is 22.9 Å². The molecule has 1 aromatic heterocycles. The lowest BCUT2D eigenvalue weighted by Gasteiger charge is -2.16. The minimum Gasteiger partial charge on any atom is -0.319 e. The van der Waals surface area contributed by atoms with Crippen molar-refractivity contribution in [1.82, 2.24) is 5.32 Å². The zero-order chi connectivity index (χ0) is 12.8. The molecule has 0 saturated heterocycles. The van der Waals surface area contributed by atoms with Crippen molar-refractivity contribution in [1.29, 1.82) is 0 Å². The van der Waals surface area contributed by atoms with Crippen molar-refractivity contribution >= 4 is 22.9 Å². The molecule has 1 aromatic carbocycles. The van der Waals surface area contributed by atoms with E-state index in [-0.39, 0.29) is 0 Å². The fraction of sp³-hybridized carbons (Fsp3) is 0.333. The molecule has 2 rings (SSSR count). The minimum absolute atomic E-state index is 0.550. The van der Waals surface area contributed by atoms with Crippen LogP contribution in [-0.2, 0) is 6.42 Å². The summed E-state index contributed by atoms with van der Waals surface area (Å²) in [6.45, 7) is 1.01. The Labute approximate surface area is 118 Å². The van der Waals surface area contributed by atoms with Gasteiger partial charge in [0.25, 0.3) is 0 Å². The Hall–Kier alpha value is -0.830. The fourth-order valence-corrected chi connectivity index (χ4v) is 2.99. The first-order chi connectivity index (χ1) is 8.79. The predicted molar refractivity (Wildman–Crippen MR) is 80.8 cm³/mol. The number of likely N-dealkylation sites (N-methyl/N-ethyl adjacent to an activating group) is 1. The summed E-state index contributed by atoms with van der Waals surface area (Å²) in [6.07, 6.45) is 2.32. The molecule has 0 aliphatic heterocycles. The summed E-state index contributed by atoms with van der Waals surface area (Å²) < 4.78 is 0. The molecule has 0 spiro atoms. The average Bonchev–Trinajstić information content (AvgIpc) is 2.89. The number of aryl methyl sites for hydroxylation is 1. The van der Waals surface area contributed by atoms with Crippen LogP contribution in [0, 0.1) is 0 Å². The molecule has 1 atom stereocenters. The van der Waals surface area contributed by atoms with Gasteiger partial charge in [0.2, 0.25) is 0 Å². The molecule has 0 amide bonds. The Balaban J connectivity index is 2.01. The van der Waals surface area contributed by atoms with Gasteiger partial charge in [0, 0.05) is 16.4 Å². The molecule has 96 valence electrons. The van der Waals surface area contributed by atoms with E-state index in [2.05, 4.69) is 35.0 Å². The maximum atomic E-state index is 5.94. The van der Waals surface area contributed by atoms with E-state index in [1.807, 2.05) is 30.5 Å². The fourth-order valence-electron chi connectivity index (χ4n) is 2.14. The zero-order valence-corrected chi connectivity index (χ0v) is 12.1. The molecule has 2 aromatic rings. The van der Waals surface area contributed by atoms with E-state index in [4.69, 9.17) is 11.6 Å². The average molecular weight is 280 g/mol. The van der Waals surface area contributed by atoms with Gasteiger partial charge in [-0.3, -0.25) is 0 Å². The first kappa shape index (κ1) is 13.6. The second-order valence-electron chi connectivity index (χ2n) is 4.42. The SMILES string of the molecule is CNCC(CCc1cccs1)c1ccc(Cl)cc1. The van der Waals surface area contributed by atoms with Gasteiger partial charge in [-0.2, -0.15) is 0 Å². The number of hydrogen-bond acceptors (Lipinski definition) is 2. The standard InChI is InChI=1S/C15H18ClNS/c1-17-11-13(6-9-15-3-2-10-18-15)12-4-7-14(16)8-5-12/h2-5,7-8,10,13,17H,6,9,11H2,1H3. The Bertz CT molecular complexity index is 450. The highest BCUT2D eigenvalue weighted by Crippen LogP contribution is 2.24. The summed E-state index contributed by atoms with van der Waals surface area (Å²) in [5, 5.41) is 6.23. The lowest BCUT2D eigenvalue weighted by Crippen LogP contribution is -2.17. The second-order valence-corrected chi connectivity index (χ2v) is 5.89. The maximum Gasteiger partial charge on any atom is 0.0406 e. The van der Waals surface area contributed by atoms with Gasteiger partial charge in [0.05, 0.1) is 0 Å². The second kappa shape index (κ2) is 6.93. The van der Waals surface area contributed by atoms with Crippen LogP contribution in [0.15, 0.2) is 41.8 Å². The van der Waals surface area contributed by atoms with Crippen LogP contribution in [0.4, 0.5) is 0 Å². The van der Waals surface area contributed by atoms with Gasteiger partial charge in [-0.25, -0.2) is 0 Å². The zero-order valence-electron chi connectivity index (χ0n) is 10.5. The molecule has 0 fully saturated rings. The third-order valence-electron chi connectivity index (χ3n) is 3.11. The molecule has 1 heterocycles. The van der Waals surface area contributed by atoms with Crippen LogP contribution in [0.1, 0.15) is 22.8 Å². The molecule has 18 heavy (non-hydrogen) atoms. The lowest BCUT2D eigenvalue weighted by molar-refractivity contribution is 0.586. The summed E-state index contributed by atoms with van der Waals surface area (Å²) in [7, 11) is 2.01. The van der Waals surface area contributed by atoms with Crippen molar-refractivity contribution in [2.75, 3.05) is 13.6 Å². The largest absolute Gasteiger partial charge is 0.319 e. The van der Waals surface area contributed by atoms with Crippen LogP contribution in [0.25, 0.3) is 0 Å². The quantitative estimate of drug-likeness (QED) is 0.830. The third-order valence-corrected chi connectivity index (χ3v) is 4.30. The molecule has 1 unspecified atom stereocenters. The van der Waals surface area contributed by atoms with Crippen molar-refractivity contribution in [3.05, 3.63) is 57.2 Å². The van der Waals surface area contributed by atoms with E-state index < -0.39 is 0 Å². The van der Waals surface area contributed by atoms with E-state index in [0.717, 1.165) is 18.0 Å². The molecule has 1 N–H and O–H groups in total. The van der Waals surface area contributed by atoms with E-state index in [1.54, 1.807) is 0 Å². The highest BCUT2D eigenvalue weighted by molar-refractivity contribution is 7.09. The van der Waals surface area contributed by atoms with Gasteiger partial charge in [-0.05, 0) is 54.9 Å². The molecule has 0 aliphatic carbocycles. The molecule has 0 aliphatic rings. The van der Waals surface area contributed by atoms with Crippen molar-refractivity contribution in [3.63, 3.8) is 0 Å². The number of hydrogen-bond donors (Lipinski definition) is 1. The van der Waals surface area contributed by atoms with E-state index >= 15 is 0 Å². The monoisotopic (exact) mass is 279 g/mol. The van der Waals surface area contributed by atoms with Crippen molar-refractivity contribution in [2.45, 2.75) is 18.8 Å². The van der Waals surface area contributed by atoms with Crippen LogP contribution in [-0.4, -0.2) is 13.6 Å². The molecular formula is C15H18ClNS. The lowest BCUT2D eigenvalue weighted by atomic mass is 9.94. The molecule has 0 bridgehead atoms. The van der Waals surface area contributed by atoms with E-state index in [1.165, 1.54) is 16.9 Å². The van der Waals surface area contributed by atoms with Gasteiger partial charge in [-0.15, -0.1) is 11.3 Å². The van der Waals surface area contributed by atoms with Crippen LogP contribution in [0.2, 0.25) is 5.02 Å². The number of benzene rings is 1. The van der Waals surface area contributed by atoms with Crippen LogP contribution < -0.4 is 5.32 Å². The molecule has 0 radical (unpaired) electrons. The van der Waals surface area contributed by atoms with Crippen molar-refractivity contribution in [2.24, 2.45) is 0 Å². The molecule has 1 nitrogen and oxygen atoms in total. The third kappa shape index (κ3) is 3.84. The summed E-state index contributed by atoms with van der Waals surface area (Å²) in [5.41, 5.74) is 1.37. The number of halogens is 1.